The van der Waals surface area contributed by atoms with Gasteiger partial charge in [0.15, 0.2) is 0 Å². The molecule has 0 aromatic heterocycles. The first-order chi connectivity index (χ1) is 7.90. The fourth-order valence-corrected chi connectivity index (χ4v) is 2.17. The Hall–Kier alpha value is -0.870. The van der Waals surface area contributed by atoms with Gasteiger partial charge in [0, 0.05) is 23.6 Å². The molecule has 0 saturated carbocycles. The summed E-state index contributed by atoms with van der Waals surface area (Å²) in [7, 11) is 1.75. The highest BCUT2D eigenvalue weighted by Gasteiger charge is 2.12. The van der Waals surface area contributed by atoms with Crippen molar-refractivity contribution < 1.29 is 9.90 Å². The molecule has 0 heterocycles. The Labute approximate surface area is 111 Å². The molecule has 4 heteroatoms. The third kappa shape index (κ3) is 4.48. The maximum absolute atomic E-state index is 12.1. The number of halogens is 1. The third-order valence-corrected chi connectivity index (χ3v) is 2.98. The lowest BCUT2D eigenvalue weighted by Crippen LogP contribution is -2.29. The summed E-state index contributed by atoms with van der Waals surface area (Å²) in [6, 6.07) is 5.65. The van der Waals surface area contributed by atoms with Crippen molar-refractivity contribution >= 4 is 21.8 Å². The van der Waals surface area contributed by atoms with E-state index < -0.39 is 0 Å². The van der Waals surface area contributed by atoms with Crippen LogP contribution in [0.25, 0.3) is 0 Å². The van der Waals surface area contributed by atoms with Crippen molar-refractivity contribution in [2.45, 2.75) is 26.4 Å². The van der Waals surface area contributed by atoms with Gasteiger partial charge in [-0.25, -0.2) is 0 Å². The number of hydrogen-bond donors (Lipinski definition) is 1. The molecule has 0 aliphatic rings. The highest BCUT2D eigenvalue weighted by molar-refractivity contribution is 9.10. The fourth-order valence-electron chi connectivity index (χ4n) is 1.56. The van der Waals surface area contributed by atoms with Crippen LogP contribution in [0.4, 0.5) is 0 Å². The summed E-state index contributed by atoms with van der Waals surface area (Å²) in [6.45, 7) is 4.24. The lowest BCUT2D eigenvalue weighted by atomic mass is 10.1. The monoisotopic (exact) mass is 299 g/mol. The Morgan fingerprint density at radius 1 is 1.47 bits per heavy atom. The second-order valence-corrected chi connectivity index (χ2v) is 5.30. The molecule has 1 aromatic rings. The van der Waals surface area contributed by atoms with E-state index in [0.717, 1.165) is 10.0 Å². The van der Waals surface area contributed by atoms with Gasteiger partial charge in [0.2, 0.25) is 0 Å². The summed E-state index contributed by atoms with van der Waals surface area (Å²) in [4.78, 5) is 13.7. The zero-order valence-electron chi connectivity index (χ0n) is 10.4. The quantitative estimate of drug-likeness (QED) is 0.928. The second-order valence-electron chi connectivity index (χ2n) is 4.38. The lowest BCUT2D eigenvalue weighted by Gasteiger charge is -2.18. The van der Waals surface area contributed by atoms with Crippen molar-refractivity contribution in [3.8, 4) is 0 Å². The van der Waals surface area contributed by atoms with Gasteiger partial charge < -0.3 is 10.0 Å². The van der Waals surface area contributed by atoms with Gasteiger partial charge in [-0.05, 0) is 44.0 Å². The molecular formula is C13H18BrNO2. The first-order valence-corrected chi connectivity index (χ1v) is 6.40. The smallest absolute Gasteiger partial charge is 0.253 e. The van der Waals surface area contributed by atoms with Crippen LogP contribution in [0.5, 0.6) is 0 Å². The molecule has 0 bridgehead atoms. The molecule has 1 amide bonds. The van der Waals surface area contributed by atoms with E-state index in [1.165, 1.54) is 0 Å². The fraction of sp³-hybridized carbons (Fsp3) is 0.462. The molecule has 3 nitrogen and oxygen atoms in total. The lowest BCUT2D eigenvalue weighted by molar-refractivity contribution is 0.0769. The van der Waals surface area contributed by atoms with Crippen LogP contribution in [0, 0.1) is 6.92 Å². The minimum Gasteiger partial charge on any atom is -0.393 e. The number of carbonyl (C=O) groups is 1. The topological polar surface area (TPSA) is 40.5 Å². The average molecular weight is 300 g/mol. The number of carbonyl (C=O) groups excluding carboxylic acids is 1. The predicted molar refractivity (Wildman–Crippen MR) is 72.1 cm³/mol. The molecule has 0 aliphatic carbocycles. The molecule has 17 heavy (non-hydrogen) atoms. The number of aliphatic hydroxyl groups is 1. The molecule has 0 radical (unpaired) electrons. The summed E-state index contributed by atoms with van der Waals surface area (Å²) in [6.07, 6.45) is 0.212. The average Bonchev–Trinajstić information content (AvgIpc) is 2.23. The molecule has 1 N–H and O–H groups in total. The van der Waals surface area contributed by atoms with Crippen LogP contribution in [-0.4, -0.2) is 35.6 Å². The first-order valence-electron chi connectivity index (χ1n) is 5.61. The van der Waals surface area contributed by atoms with Gasteiger partial charge in [-0.2, -0.15) is 0 Å². The van der Waals surface area contributed by atoms with E-state index in [0.29, 0.717) is 18.5 Å². The zero-order chi connectivity index (χ0) is 13.0. The van der Waals surface area contributed by atoms with Crippen LogP contribution in [0.1, 0.15) is 29.3 Å². The van der Waals surface area contributed by atoms with Gasteiger partial charge in [-0.3, -0.25) is 4.79 Å². The number of amides is 1. The minimum absolute atomic E-state index is 0.0185. The number of nitrogens with zero attached hydrogens (tertiary/aromatic N) is 1. The molecule has 1 aromatic carbocycles. The van der Waals surface area contributed by atoms with Gasteiger partial charge in [0.25, 0.3) is 5.91 Å². The van der Waals surface area contributed by atoms with E-state index in [-0.39, 0.29) is 12.0 Å². The Morgan fingerprint density at radius 3 is 2.65 bits per heavy atom. The Bertz CT molecular complexity index is 384. The summed E-state index contributed by atoms with van der Waals surface area (Å²) in [5.74, 6) is -0.0185. The molecule has 0 unspecified atom stereocenters. The van der Waals surface area contributed by atoms with Crippen LogP contribution in [0.3, 0.4) is 0 Å². The normalized spacial score (nSPS) is 12.3. The Balaban J connectivity index is 2.74. The summed E-state index contributed by atoms with van der Waals surface area (Å²) >= 11 is 3.38. The van der Waals surface area contributed by atoms with E-state index in [1.54, 1.807) is 18.9 Å². The number of aliphatic hydroxyl groups excluding tert-OH is 1. The summed E-state index contributed by atoms with van der Waals surface area (Å²) < 4.78 is 0.907. The second kappa shape index (κ2) is 6.17. The largest absolute Gasteiger partial charge is 0.393 e. The van der Waals surface area contributed by atoms with E-state index in [9.17, 15) is 9.90 Å². The maximum atomic E-state index is 12.1. The van der Waals surface area contributed by atoms with Crippen molar-refractivity contribution in [3.63, 3.8) is 0 Å². The first kappa shape index (κ1) is 14.2. The van der Waals surface area contributed by atoms with Crippen LogP contribution in [-0.2, 0) is 0 Å². The van der Waals surface area contributed by atoms with Crippen molar-refractivity contribution in [2.24, 2.45) is 0 Å². The molecular weight excluding hydrogens is 282 g/mol. The van der Waals surface area contributed by atoms with Crippen LogP contribution in [0.15, 0.2) is 22.7 Å². The minimum atomic E-state index is -0.380. The van der Waals surface area contributed by atoms with Crippen LogP contribution in [0.2, 0.25) is 0 Å². The van der Waals surface area contributed by atoms with Crippen molar-refractivity contribution in [1.82, 2.24) is 4.90 Å². The summed E-state index contributed by atoms with van der Waals surface area (Å²) in [5.41, 5.74) is 1.72. The number of benzene rings is 1. The van der Waals surface area contributed by atoms with Crippen molar-refractivity contribution in [2.75, 3.05) is 13.6 Å². The van der Waals surface area contributed by atoms with Gasteiger partial charge in [-0.1, -0.05) is 15.9 Å². The van der Waals surface area contributed by atoms with Gasteiger partial charge in [-0.15, -0.1) is 0 Å². The molecule has 0 saturated heterocycles. The molecule has 0 spiro atoms. The predicted octanol–water partition coefficient (Wildman–Crippen LogP) is 2.60. The Morgan fingerprint density at radius 2 is 2.12 bits per heavy atom. The third-order valence-electron chi connectivity index (χ3n) is 2.52. The Kier molecular flexibility index (Phi) is 5.15. The van der Waals surface area contributed by atoms with Crippen LogP contribution < -0.4 is 0 Å². The maximum Gasteiger partial charge on any atom is 0.253 e. The molecule has 94 valence electrons. The molecule has 0 aliphatic heterocycles. The van der Waals surface area contributed by atoms with Crippen LogP contribution >= 0.6 is 15.9 Å². The zero-order valence-corrected chi connectivity index (χ0v) is 12.0. The molecule has 1 rings (SSSR count). The molecule has 1 atom stereocenters. The number of aryl methyl sites for hydroxylation is 1. The highest BCUT2D eigenvalue weighted by atomic mass is 79.9. The molecule has 0 fully saturated rings. The number of hydrogen-bond acceptors (Lipinski definition) is 2. The van der Waals surface area contributed by atoms with E-state index in [4.69, 9.17) is 0 Å². The standard InChI is InChI=1S/C13H18BrNO2/c1-9-6-11(8-12(14)7-9)13(17)15(3)5-4-10(2)16/h6-8,10,16H,4-5H2,1-3H3/t10-/m0/s1. The number of rotatable bonds is 4. The van der Waals surface area contributed by atoms with E-state index in [2.05, 4.69) is 15.9 Å². The van der Waals surface area contributed by atoms with Gasteiger partial charge in [0.1, 0.15) is 0 Å². The van der Waals surface area contributed by atoms with E-state index in [1.807, 2.05) is 25.1 Å². The van der Waals surface area contributed by atoms with Crippen molar-refractivity contribution in [3.05, 3.63) is 33.8 Å². The van der Waals surface area contributed by atoms with E-state index >= 15 is 0 Å². The van der Waals surface area contributed by atoms with Gasteiger partial charge >= 0.3 is 0 Å². The SMILES string of the molecule is Cc1cc(Br)cc(C(=O)N(C)CC[C@H](C)O)c1. The van der Waals surface area contributed by atoms with Crippen molar-refractivity contribution in [1.29, 1.82) is 0 Å². The van der Waals surface area contributed by atoms with Gasteiger partial charge in [0.05, 0.1) is 6.10 Å². The highest BCUT2D eigenvalue weighted by Crippen LogP contribution is 2.16. The summed E-state index contributed by atoms with van der Waals surface area (Å²) in [5, 5.41) is 9.20.